The van der Waals surface area contributed by atoms with Gasteiger partial charge in [0.25, 0.3) is 11.1 Å². The number of thioether (sulfide) groups is 2. The van der Waals surface area contributed by atoms with Gasteiger partial charge in [-0.3, -0.25) is 9.69 Å². The molecule has 1 amide bonds. The number of rotatable bonds is 1. The summed E-state index contributed by atoms with van der Waals surface area (Å²) in [7, 11) is 0. The molecular formula is C17H17NO2S3. The summed E-state index contributed by atoms with van der Waals surface area (Å²) in [4.78, 5) is 16.6. The van der Waals surface area contributed by atoms with Crippen LogP contribution in [-0.4, -0.2) is 22.0 Å². The Labute approximate surface area is 149 Å². The zero-order chi connectivity index (χ0) is 16.4. The number of benzene rings is 1. The van der Waals surface area contributed by atoms with E-state index in [1.165, 1.54) is 15.4 Å². The lowest BCUT2D eigenvalue weighted by molar-refractivity contribution is -0.123. The Bertz CT molecular complexity index is 760. The van der Waals surface area contributed by atoms with Crippen molar-refractivity contribution < 1.29 is 9.53 Å². The third-order valence-corrected chi connectivity index (χ3v) is 6.90. The number of hydrogen-bond donors (Lipinski definition) is 0. The van der Waals surface area contributed by atoms with E-state index in [0.717, 1.165) is 17.1 Å². The summed E-state index contributed by atoms with van der Waals surface area (Å²) in [6.07, 6.45) is 2.04. The molecule has 0 bridgehead atoms. The summed E-state index contributed by atoms with van der Waals surface area (Å²) in [5, 5.41) is 0.313. The summed E-state index contributed by atoms with van der Waals surface area (Å²) < 4.78 is 6.55. The molecule has 23 heavy (non-hydrogen) atoms. The Kier molecular flexibility index (Phi) is 3.55. The van der Waals surface area contributed by atoms with E-state index in [1.807, 2.05) is 0 Å². The molecule has 1 saturated carbocycles. The van der Waals surface area contributed by atoms with Crippen molar-refractivity contribution in [2.24, 2.45) is 0 Å². The smallest absolute Gasteiger partial charge is 0.299 e. The molecule has 2 heterocycles. The van der Waals surface area contributed by atoms with Crippen molar-refractivity contribution in [3.8, 4) is 0 Å². The summed E-state index contributed by atoms with van der Waals surface area (Å²) >= 11 is 8.45. The minimum Gasteiger partial charge on any atom is -0.424 e. The van der Waals surface area contributed by atoms with Crippen molar-refractivity contribution in [2.75, 3.05) is 0 Å². The second-order valence-electron chi connectivity index (χ2n) is 7.01. The quantitative estimate of drug-likeness (QED) is 0.535. The van der Waals surface area contributed by atoms with Crippen LogP contribution in [0.2, 0.25) is 0 Å². The maximum atomic E-state index is 12.6. The van der Waals surface area contributed by atoms with E-state index < -0.39 is 0 Å². The summed E-state index contributed by atoms with van der Waals surface area (Å²) in [6, 6.07) is 6.77. The van der Waals surface area contributed by atoms with E-state index in [4.69, 9.17) is 17.0 Å². The second kappa shape index (κ2) is 5.26. The maximum absolute atomic E-state index is 12.6. The van der Waals surface area contributed by atoms with Gasteiger partial charge in [0.1, 0.15) is 0 Å². The zero-order valence-electron chi connectivity index (χ0n) is 13.2. The van der Waals surface area contributed by atoms with Gasteiger partial charge in [0.05, 0.1) is 4.24 Å². The van der Waals surface area contributed by atoms with Gasteiger partial charge in [-0.15, -0.1) is 0 Å². The third-order valence-electron chi connectivity index (χ3n) is 4.11. The topological polar surface area (TPSA) is 29.5 Å². The number of carbonyl (C=O) groups is 1. The Hall–Kier alpha value is -0.980. The van der Waals surface area contributed by atoms with Crippen LogP contribution in [0.25, 0.3) is 0 Å². The fraction of sp³-hybridized carbons (Fsp3) is 0.412. The number of ether oxygens (including phenoxy) is 1. The van der Waals surface area contributed by atoms with Crippen LogP contribution in [0.5, 0.6) is 0 Å². The lowest BCUT2D eigenvalue weighted by atomic mass is 9.87. The van der Waals surface area contributed by atoms with Crippen LogP contribution < -0.4 is 0 Å². The Balaban J connectivity index is 1.65. The van der Waals surface area contributed by atoms with Gasteiger partial charge in [0.2, 0.25) is 5.76 Å². The van der Waals surface area contributed by atoms with E-state index >= 15 is 0 Å². The van der Waals surface area contributed by atoms with Crippen molar-refractivity contribution >= 4 is 46.8 Å². The lowest BCUT2D eigenvalue weighted by Gasteiger charge is -2.19. The average Bonchev–Trinajstić information content (AvgIpc) is 3.13. The lowest BCUT2D eigenvalue weighted by Crippen LogP contribution is -2.30. The molecule has 1 saturated heterocycles. The number of amides is 1. The Morgan fingerprint density at radius 2 is 1.91 bits per heavy atom. The van der Waals surface area contributed by atoms with E-state index in [0.29, 0.717) is 10.9 Å². The second-order valence-corrected chi connectivity index (χ2v) is 9.72. The number of carbonyl (C=O) groups excluding carboxylic acids is 1. The third kappa shape index (κ3) is 2.71. The predicted octanol–water partition coefficient (Wildman–Crippen LogP) is 4.66. The molecule has 0 aromatic heterocycles. The van der Waals surface area contributed by atoms with Crippen LogP contribution >= 0.6 is 35.7 Å². The van der Waals surface area contributed by atoms with Crippen molar-refractivity contribution in [3.05, 3.63) is 33.8 Å². The van der Waals surface area contributed by atoms with Gasteiger partial charge >= 0.3 is 0 Å². The van der Waals surface area contributed by atoms with Gasteiger partial charge in [-0.05, 0) is 48.2 Å². The van der Waals surface area contributed by atoms with E-state index in [9.17, 15) is 4.79 Å². The SMILES string of the molecule is CC(C)(C)c1ccc2c(c1)S/C(=C1\OC(=S)N(C3CC3)C1=O)S2. The van der Waals surface area contributed by atoms with Crippen LogP contribution in [-0.2, 0) is 14.9 Å². The van der Waals surface area contributed by atoms with Crippen molar-refractivity contribution in [1.29, 1.82) is 0 Å². The monoisotopic (exact) mass is 363 g/mol. The van der Waals surface area contributed by atoms with Crippen LogP contribution in [0.15, 0.2) is 38.0 Å². The molecule has 0 spiro atoms. The normalized spacial score (nSPS) is 24.2. The molecule has 3 nitrogen and oxygen atoms in total. The number of hydrogen-bond acceptors (Lipinski definition) is 5. The van der Waals surface area contributed by atoms with Crippen LogP contribution in [0.4, 0.5) is 0 Å². The Morgan fingerprint density at radius 1 is 1.22 bits per heavy atom. The average molecular weight is 364 g/mol. The molecule has 0 N–H and O–H groups in total. The molecule has 0 atom stereocenters. The van der Waals surface area contributed by atoms with E-state index in [2.05, 4.69) is 39.0 Å². The minimum absolute atomic E-state index is 0.0728. The van der Waals surface area contributed by atoms with Crippen LogP contribution in [0.1, 0.15) is 39.2 Å². The van der Waals surface area contributed by atoms with Gasteiger partial charge in [-0.25, -0.2) is 0 Å². The molecule has 6 heteroatoms. The largest absolute Gasteiger partial charge is 0.424 e. The van der Waals surface area contributed by atoms with Gasteiger partial charge in [0.15, 0.2) is 0 Å². The minimum atomic E-state index is -0.0728. The van der Waals surface area contributed by atoms with Gasteiger partial charge in [-0.2, -0.15) is 0 Å². The van der Waals surface area contributed by atoms with Gasteiger partial charge in [-0.1, -0.05) is 50.4 Å². The summed E-state index contributed by atoms with van der Waals surface area (Å²) in [6.45, 7) is 6.61. The highest BCUT2D eigenvalue weighted by atomic mass is 32.2. The van der Waals surface area contributed by atoms with E-state index in [1.54, 1.807) is 28.4 Å². The fourth-order valence-corrected chi connectivity index (χ4v) is 5.36. The first-order valence-electron chi connectivity index (χ1n) is 7.64. The standard InChI is InChI=1S/C17H17NO2S3/c1-17(2,3)9-4-7-11-12(8-9)23-15(22-11)13-14(19)18(10-5-6-10)16(21)20-13/h4,7-8,10H,5-6H2,1-3H3/b15-13-. The molecule has 3 aliphatic rings. The molecule has 2 aliphatic heterocycles. The summed E-state index contributed by atoms with van der Waals surface area (Å²) in [5.74, 6) is 0.335. The molecule has 120 valence electrons. The molecule has 0 radical (unpaired) electrons. The first-order chi connectivity index (χ1) is 10.8. The van der Waals surface area contributed by atoms with Crippen molar-refractivity contribution in [3.63, 3.8) is 0 Å². The highest BCUT2D eigenvalue weighted by Crippen LogP contribution is 2.54. The van der Waals surface area contributed by atoms with Crippen LogP contribution in [0, 0.1) is 0 Å². The summed E-state index contributed by atoms with van der Waals surface area (Å²) in [5.41, 5.74) is 1.41. The van der Waals surface area contributed by atoms with E-state index in [-0.39, 0.29) is 17.4 Å². The number of nitrogens with zero attached hydrogens (tertiary/aromatic N) is 1. The van der Waals surface area contributed by atoms with Gasteiger partial charge in [0, 0.05) is 15.8 Å². The zero-order valence-corrected chi connectivity index (χ0v) is 15.7. The first-order valence-corrected chi connectivity index (χ1v) is 9.68. The van der Waals surface area contributed by atoms with Crippen molar-refractivity contribution in [1.82, 2.24) is 4.90 Å². The first kappa shape index (κ1) is 15.5. The fourth-order valence-electron chi connectivity index (χ4n) is 2.60. The Morgan fingerprint density at radius 3 is 2.57 bits per heavy atom. The van der Waals surface area contributed by atoms with Crippen molar-refractivity contribution in [2.45, 2.75) is 54.9 Å². The van der Waals surface area contributed by atoms with Crippen LogP contribution in [0.3, 0.4) is 0 Å². The highest BCUT2D eigenvalue weighted by molar-refractivity contribution is 8.24. The molecule has 4 rings (SSSR count). The van der Waals surface area contributed by atoms with Gasteiger partial charge < -0.3 is 4.74 Å². The molecule has 0 unspecified atom stereocenters. The number of fused-ring (bicyclic) bond motifs is 1. The molecule has 1 aliphatic carbocycles. The maximum Gasteiger partial charge on any atom is 0.299 e. The number of thiocarbonyl (C=S) groups is 1. The highest BCUT2D eigenvalue weighted by Gasteiger charge is 2.45. The molecular weight excluding hydrogens is 346 g/mol. The molecule has 2 fully saturated rings. The predicted molar refractivity (Wildman–Crippen MR) is 97.4 cm³/mol. The molecule has 1 aromatic carbocycles. The molecule has 1 aromatic rings.